The Morgan fingerprint density at radius 3 is 2.38 bits per heavy atom. The number of hydrogen-bond donors (Lipinski definition) is 0. The van der Waals surface area contributed by atoms with Crippen molar-refractivity contribution in [3.05, 3.63) is 52.5 Å². The maximum absolute atomic E-state index is 12.6. The van der Waals surface area contributed by atoms with Crippen LogP contribution in [-0.2, 0) is 0 Å². The standard InChI is InChI=1S/C20H23ClN2O3/c1-14-11-17(13-18(25-2)19(14)26-3)22-7-9-23(10-8-22)20(24)15-5-4-6-16(21)12-15/h4-6,11-13H,7-10H2,1-3H3. The van der Waals surface area contributed by atoms with E-state index in [0.717, 1.165) is 35.8 Å². The quantitative estimate of drug-likeness (QED) is 0.819. The maximum atomic E-state index is 12.6. The Morgan fingerprint density at radius 2 is 1.77 bits per heavy atom. The average Bonchev–Trinajstić information content (AvgIpc) is 2.66. The largest absolute Gasteiger partial charge is 0.493 e. The number of ether oxygens (including phenoxy) is 2. The molecule has 3 rings (SSSR count). The molecule has 1 amide bonds. The van der Waals surface area contributed by atoms with E-state index in [1.54, 1.807) is 38.5 Å². The summed E-state index contributed by atoms with van der Waals surface area (Å²) >= 11 is 6.00. The van der Waals surface area contributed by atoms with Gasteiger partial charge in [-0.2, -0.15) is 0 Å². The molecule has 0 radical (unpaired) electrons. The third-order valence-corrected chi connectivity index (χ3v) is 4.89. The summed E-state index contributed by atoms with van der Waals surface area (Å²) < 4.78 is 10.9. The van der Waals surface area contributed by atoms with E-state index in [2.05, 4.69) is 11.0 Å². The van der Waals surface area contributed by atoms with E-state index in [4.69, 9.17) is 21.1 Å². The van der Waals surface area contributed by atoms with Crippen molar-refractivity contribution in [1.82, 2.24) is 4.90 Å². The zero-order valence-corrected chi connectivity index (χ0v) is 16.0. The van der Waals surface area contributed by atoms with Crippen LogP contribution < -0.4 is 14.4 Å². The molecule has 1 saturated heterocycles. The van der Waals surface area contributed by atoms with Gasteiger partial charge in [-0.05, 0) is 36.8 Å². The minimum atomic E-state index is 0.0237. The second kappa shape index (κ2) is 7.87. The average molecular weight is 375 g/mol. The van der Waals surface area contributed by atoms with Gasteiger partial charge in [0.2, 0.25) is 0 Å². The zero-order valence-electron chi connectivity index (χ0n) is 15.3. The van der Waals surface area contributed by atoms with Crippen LogP contribution >= 0.6 is 11.6 Å². The maximum Gasteiger partial charge on any atom is 0.254 e. The van der Waals surface area contributed by atoms with Crippen molar-refractivity contribution in [3.63, 3.8) is 0 Å². The minimum absolute atomic E-state index is 0.0237. The lowest BCUT2D eigenvalue weighted by molar-refractivity contribution is 0.0746. The topological polar surface area (TPSA) is 42.0 Å². The van der Waals surface area contributed by atoms with Crippen molar-refractivity contribution in [2.75, 3.05) is 45.3 Å². The van der Waals surface area contributed by atoms with Gasteiger partial charge in [0.05, 0.1) is 14.2 Å². The van der Waals surface area contributed by atoms with Gasteiger partial charge in [0.25, 0.3) is 5.91 Å². The molecule has 1 aliphatic heterocycles. The van der Waals surface area contributed by atoms with Crippen LogP contribution in [0.1, 0.15) is 15.9 Å². The first-order valence-corrected chi connectivity index (χ1v) is 8.93. The van der Waals surface area contributed by atoms with Gasteiger partial charge < -0.3 is 19.3 Å². The molecule has 2 aromatic carbocycles. The molecule has 1 fully saturated rings. The summed E-state index contributed by atoms with van der Waals surface area (Å²) in [5.41, 5.74) is 2.74. The predicted octanol–water partition coefficient (Wildman–Crippen LogP) is 3.63. The molecule has 0 saturated carbocycles. The van der Waals surface area contributed by atoms with E-state index in [0.29, 0.717) is 23.7 Å². The molecule has 2 aromatic rings. The fourth-order valence-electron chi connectivity index (χ4n) is 3.29. The van der Waals surface area contributed by atoms with E-state index >= 15 is 0 Å². The Labute approximate surface area is 159 Å². The summed E-state index contributed by atoms with van der Waals surface area (Å²) in [6.07, 6.45) is 0. The smallest absolute Gasteiger partial charge is 0.254 e. The summed E-state index contributed by atoms with van der Waals surface area (Å²) in [7, 11) is 3.29. The molecule has 0 spiro atoms. The fourth-order valence-corrected chi connectivity index (χ4v) is 3.48. The van der Waals surface area contributed by atoms with E-state index < -0.39 is 0 Å². The number of carbonyl (C=O) groups excluding carboxylic acids is 1. The lowest BCUT2D eigenvalue weighted by Crippen LogP contribution is -2.48. The second-order valence-corrected chi connectivity index (χ2v) is 6.72. The third kappa shape index (κ3) is 3.73. The molecule has 1 heterocycles. The number of methoxy groups -OCH3 is 2. The monoisotopic (exact) mass is 374 g/mol. The summed E-state index contributed by atoms with van der Waals surface area (Å²) in [6, 6.07) is 11.2. The zero-order chi connectivity index (χ0) is 18.7. The summed E-state index contributed by atoms with van der Waals surface area (Å²) in [5, 5.41) is 0.579. The second-order valence-electron chi connectivity index (χ2n) is 6.29. The van der Waals surface area contributed by atoms with Crippen molar-refractivity contribution in [2.24, 2.45) is 0 Å². The molecule has 0 aliphatic carbocycles. The number of amides is 1. The number of rotatable bonds is 4. The number of halogens is 1. The number of hydrogen-bond acceptors (Lipinski definition) is 4. The van der Waals surface area contributed by atoms with E-state index in [-0.39, 0.29) is 5.91 Å². The van der Waals surface area contributed by atoms with Crippen molar-refractivity contribution in [2.45, 2.75) is 6.92 Å². The highest BCUT2D eigenvalue weighted by Crippen LogP contribution is 2.35. The first-order chi connectivity index (χ1) is 12.5. The normalized spacial score (nSPS) is 14.3. The molecule has 26 heavy (non-hydrogen) atoms. The van der Waals surface area contributed by atoms with Crippen molar-refractivity contribution in [1.29, 1.82) is 0 Å². The van der Waals surface area contributed by atoms with Gasteiger partial charge in [0, 0.05) is 48.5 Å². The molecule has 0 aromatic heterocycles. The number of benzene rings is 2. The molecule has 0 unspecified atom stereocenters. The molecular formula is C20H23ClN2O3. The first kappa shape index (κ1) is 18.4. The Kier molecular flexibility index (Phi) is 5.57. The number of piperazine rings is 1. The van der Waals surface area contributed by atoms with E-state index in [1.165, 1.54) is 0 Å². The molecule has 138 valence electrons. The molecule has 1 aliphatic rings. The number of carbonyl (C=O) groups is 1. The lowest BCUT2D eigenvalue weighted by atomic mass is 10.1. The van der Waals surface area contributed by atoms with Crippen LogP contribution in [-0.4, -0.2) is 51.2 Å². The van der Waals surface area contributed by atoms with E-state index in [1.807, 2.05) is 17.9 Å². The van der Waals surface area contributed by atoms with Gasteiger partial charge in [-0.15, -0.1) is 0 Å². The van der Waals surface area contributed by atoms with Crippen LogP contribution in [0.5, 0.6) is 11.5 Å². The molecule has 5 nitrogen and oxygen atoms in total. The van der Waals surface area contributed by atoms with Gasteiger partial charge in [0.1, 0.15) is 0 Å². The molecule has 0 N–H and O–H groups in total. The highest BCUT2D eigenvalue weighted by Gasteiger charge is 2.23. The Bertz CT molecular complexity index is 802. The minimum Gasteiger partial charge on any atom is -0.493 e. The van der Waals surface area contributed by atoms with Gasteiger partial charge >= 0.3 is 0 Å². The van der Waals surface area contributed by atoms with Crippen molar-refractivity contribution >= 4 is 23.2 Å². The summed E-state index contributed by atoms with van der Waals surface area (Å²) in [6.45, 7) is 4.86. The SMILES string of the molecule is COc1cc(N2CCN(C(=O)c3cccc(Cl)c3)CC2)cc(C)c1OC. The van der Waals surface area contributed by atoms with Crippen LogP contribution in [0.3, 0.4) is 0 Å². The van der Waals surface area contributed by atoms with Gasteiger partial charge in [-0.25, -0.2) is 0 Å². The Morgan fingerprint density at radius 1 is 1.04 bits per heavy atom. The number of aryl methyl sites for hydroxylation is 1. The van der Waals surface area contributed by atoms with Gasteiger partial charge in [0.15, 0.2) is 11.5 Å². The van der Waals surface area contributed by atoms with E-state index in [9.17, 15) is 4.79 Å². The highest BCUT2D eigenvalue weighted by atomic mass is 35.5. The molecule has 6 heteroatoms. The summed E-state index contributed by atoms with van der Waals surface area (Å²) in [4.78, 5) is 16.8. The lowest BCUT2D eigenvalue weighted by Gasteiger charge is -2.36. The van der Waals surface area contributed by atoms with Gasteiger partial charge in [-0.1, -0.05) is 17.7 Å². The fraction of sp³-hybridized carbons (Fsp3) is 0.350. The highest BCUT2D eigenvalue weighted by molar-refractivity contribution is 6.30. The Hall–Kier alpha value is -2.40. The number of anilines is 1. The van der Waals surface area contributed by atoms with Crippen molar-refractivity contribution < 1.29 is 14.3 Å². The Balaban J connectivity index is 1.71. The van der Waals surface area contributed by atoms with Crippen molar-refractivity contribution in [3.8, 4) is 11.5 Å². The van der Waals surface area contributed by atoms with Crippen LogP contribution in [0.25, 0.3) is 0 Å². The molecular weight excluding hydrogens is 352 g/mol. The van der Waals surface area contributed by atoms with Crippen LogP contribution in [0.2, 0.25) is 5.02 Å². The third-order valence-electron chi connectivity index (χ3n) is 4.65. The molecule has 0 atom stereocenters. The van der Waals surface area contributed by atoms with Crippen LogP contribution in [0.15, 0.2) is 36.4 Å². The predicted molar refractivity (Wildman–Crippen MR) is 104 cm³/mol. The molecule has 0 bridgehead atoms. The first-order valence-electron chi connectivity index (χ1n) is 8.56. The van der Waals surface area contributed by atoms with Crippen LogP contribution in [0.4, 0.5) is 5.69 Å². The van der Waals surface area contributed by atoms with Gasteiger partial charge in [-0.3, -0.25) is 4.79 Å². The summed E-state index contributed by atoms with van der Waals surface area (Å²) in [5.74, 6) is 1.50. The van der Waals surface area contributed by atoms with Crippen LogP contribution in [0, 0.1) is 6.92 Å². The number of nitrogens with zero attached hydrogens (tertiary/aromatic N) is 2.